The van der Waals surface area contributed by atoms with E-state index in [0.717, 1.165) is 43.9 Å². The minimum Gasteiger partial charge on any atom is -0.394 e. The maximum absolute atomic E-state index is 13.3. The fourth-order valence-electron chi connectivity index (χ4n) is 5.02. The van der Waals surface area contributed by atoms with Crippen LogP contribution < -0.4 is 5.32 Å². The first-order chi connectivity index (χ1) is 20.8. The highest BCUT2D eigenvalue weighted by Crippen LogP contribution is 2.36. The molecule has 0 spiro atoms. The molecule has 1 aromatic heterocycles. The summed E-state index contributed by atoms with van der Waals surface area (Å²) in [7, 11) is 0. The minimum absolute atomic E-state index is 0.00958. The van der Waals surface area contributed by atoms with Crippen molar-refractivity contribution < 1.29 is 41.0 Å². The number of nitrogens with zero attached hydrogens (tertiary/aromatic N) is 3. The number of halogens is 6. The molecule has 1 aliphatic rings. The van der Waals surface area contributed by atoms with Crippen molar-refractivity contribution in [2.45, 2.75) is 32.4 Å². The second-order valence-corrected chi connectivity index (χ2v) is 10.6. The van der Waals surface area contributed by atoms with Gasteiger partial charge in [-0.25, -0.2) is 0 Å². The molecule has 3 aromatic rings. The summed E-state index contributed by atoms with van der Waals surface area (Å²) in [5.74, 6) is -0.676. The molecule has 2 heterocycles. The van der Waals surface area contributed by atoms with E-state index in [1.165, 1.54) is 6.20 Å². The third-order valence-electron chi connectivity index (χ3n) is 7.38. The highest BCUT2D eigenvalue weighted by atomic mass is 19.4. The van der Waals surface area contributed by atoms with Gasteiger partial charge in [0.15, 0.2) is 0 Å². The van der Waals surface area contributed by atoms with Crippen LogP contribution in [0, 0.1) is 6.92 Å². The van der Waals surface area contributed by atoms with Gasteiger partial charge in [-0.3, -0.25) is 19.6 Å². The molecule has 1 amide bonds. The third-order valence-corrected chi connectivity index (χ3v) is 7.38. The first-order valence-corrected chi connectivity index (χ1v) is 14.1. The van der Waals surface area contributed by atoms with Gasteiger partial charge in [0, 0.05) is 52.0 Å². The zero-order chi connectivity index (χ0) is 31.9. The zero-order valence-electron chi connectivity index (χ0n) is 24.1. The lowest BCUT2D eigenvalue weighted by Gasteiger charge is -2.34. The summed E-state index contributed by atoms with van der Waals surface area (Å²) in [6.07, 6.45) is -8.58. The molecule has 0 bridgehead atoms. The van der Waals surface area contributed by atoms with Crippen molar-refractivity contribution in [3.8, 4) is 11.1 Å². The number of piperazine rings is 1. The Labute approximate surface area is 251 Å². The number of carbonyl (C=O) groups is 1. The summed E-state index contributed by atoms with van der Waals surface area (Å²) in [5.41, 5.74) is -0.160. The van der Waals surface area contributed by atoms with Crippen LogP contribution in [-0.2, 0) is 30.2 Å². The van der Waals surface area contributed by atoms with Crippen molar-refractivity contribution in [1.82, 2.24) is 20.1 Å². The largest absolute Gasteiger partial charge is 0.416 e. The van der Waals surface area contributed by atoms with E-state index in [0.29, 0.717) is 43.1 Å². The Kier molecular flexibility index (Phi) is 11.0. The van der Waals surface area contributed by atoms with Crippen LogP contribution in [0.2, 0.25) is 0 Å². The van der Waals surface area contributed by atoms with E-state index in [1.807, 2.05) is 31.2 Å². The van der Waals surface area contributed by atoms with Crippen molar-refractivity contribution >= 4 is 5.91 Å². The van der Waals surface area contributed by atoms with Crippen molar-refractivity contribution in [2.75, 3.05) is 52.5 Å². The molecule has 0 aliphatic carbocycles. The zero-order valence-corrected chi connectivity index (χ0v) is 24.1. The third kappa shape index (κ3) is 9.00. The molecule has 7 nitrogen and oxygen atoms in total. The standard InChI is InChI=1S/C31H34F6N4O3/c1-21-4-2-3-5-26(21)27-17-25(20-41-8-6-40(7-9-41)10-12-44-13-11-42)38-19-28(27)29(43)39-18-22-14-23(30(32,33)34)16-24(15-22)31(35,36)37/h2-5,14-17,19,42H,6-13,18,20H2,1H3,(H,39,43). The molecule has 4 rings (SSSR count). The number of carbonyl (C=O) groups excluding carboxylic acids is 1. The summed E-state index contributed by atoms with van der Waals surface area (Å²) in [5, 5.41) is 11.3. The molecule has 238 valence electrons. The van der Waals surface area contributed by atoms with Gasteiger partial charge in [-0.15, -0.1) is 0 Å². The van der Waals surface area contributed by atoms with Gasteiger partial charge in [0.25, 0.3) is 5.91 Å². The minimum atomic E-state index is -4.99. The van der Waals surface area contributed by atoms with Crippen molar-refractivity contribution in [2.24, 2.45) is 0 Å². The molecule has 2 aromatic carbocycles. The van der Waals surface area contributed by atoms with Gasteiger partial charge in [-0.2, -0.15) is 26.3 Å². The molecule has 44 heavy (non-hydrogen) atoms. The van der Waals surface area contributed by atoms with Crippen LogP contribution in [0.15, 0.2) is 54.7 Å². The van der Waals surface area contributed by atoms with Gasteiger partial charge in [0.1, 0.15) is 0 Å². The van der Waals surface area contributed by atoms with Crippen molar-refractivity contribution in [3.05, 3.63) is 88.2 Å². The van der Waals surface area contributed by atoms with E-state index in [2.05, 4.69) is 20.1 Å². The summed E-state index contributed by atoms with van der Waals surface area (Å²) in [6.45, 7) is 6.73. The Morgan fingerprint density at radius 3 is 2.16 bits per heavy atom. The average Bonchev–Trinajstić information content (AvgIpc) is 2.98. The number of ether oxygens (including phenoxy) is 1. The van der Waals surface area contributed by atoms with E-state index in [-0.39, 0.29) is 23.8 Å². The lowest BCUT2D eigenvalue weighted by molar-refractivity contribution is -0.143. The molecule has 1 saturated heterocycles. The number of aryl methyl sites for hydroxylation is 1. The fourth-order valence-corrected chi connectivity index (χ4v) is 5.02. The van der Waals surface area contributed by atoms with E-state index >= 15 is 0 Å². The van der Waals surface area contributed by atoms with Gasteiger partial charge in [0.2, 0.25) is 0 Å². The Morgan fingerprint density at radius 1 is 0.909 bits per heavy atom. The topological polar surface area (TPSA) is 77.9 Å². The molecule has 0 radical (unpaired) electrons. The van der Waals surface area contributed by atoms with Crippen LogP contribution in [0.1, 0.15) is 38.3 Å². The number of benzene rings is 2. The van der Waals surface area contributed by atoms with Crippen molar-refractivity contribution in [3.63, 3.8) is 0 Å². The number of hydrogen-bond acceptors (Lipinski definition) is 6. The monoisotopic (exact) mass is 624 g/mol. The Hall–Kier alpha value is -3.52. The summed E-state index contributed by atoms with van der Waals surface area (Å²) in [4.78, 5) is 22.3. The molecular weight excluding hydrogens is 590 g/mol. The Morgan fingerprint density at radius 2 is 1.55 bits per heavy atom. The van der Waals surface area contributed by atoms with Crippen LogP contribution in [0.3, 0.4) is 0 Å². The number of amides is 1. The van der Waals surface area contributed by atoms with Crippen LogP contribution in [0.5, 0.6) is 0 Å². The van der Waals surface area contributed by atoms with E-state index in [9.17, 15) is 31.1 Å². The number of rotatable bonds is 11. The number of aliphatic hydroxyl groups excluding tert-OH is 1. The molecule has 0 saturated carbocycles. The maximum Gasteiger partial charge on any atom is 0.416 e. The maximum atomic E-state index is 13.3. The van der Waals surface area contributed by atoms with Crippen molar-refractivity contribution in [1.29, 1.82) is 0 Å². The molecule has 13 heteroatoms. The number of hydrogen-bond donors (Lipinski definition) is 2. The number of nitrogens with one attached hydrogen (secondary N) is 1. The van der Waals surface area contributed by atoms with Gasteiger partial charge in [-0.05, 0) is 53.4 Å². The Balaban J connectivity index is 1.51. The number of aliphatic hydroxyl groups is 1. The number of aromatic nitrogens is 1. The Bertz CT molecular complexity index is 1390. The smallest absolute Gasteiger partial charge is 0.394 e. The van der Waals surface area contributed by atoms with Crippen LogP contribution in [-0.4, -0.2) is 78.3 Å². The average molecular weight is 625 g/mol. The number of pyridine rings is 1. The van der Waals surface area contributed by atoms with Crippen LogP contribution in [0.4, 0.5) is 26.3 Å². The molecule has 2 N–H and O–H groups in total. The molecule has 0 unspecified atom stereocenters. The summed E-state index contributed by atoms with van der Waals surface area (Å²) >= 11 is 0. The predicted molar refractivity (Wildman–Crippen MR) is 152 cm³/mol. The van der Waals surface area contributed by atoms with Gasteiger partial charge < -0.3 is 15.2 Å². The first-order valence-electron chi connectivity index (χ1n) is 14.1. The van der Waals surface area contributed by atoms with Gasteiger partial charge in [-0.1, -0.05) is 24.3 Å². The van der Waals surface area contributed by atoms with E-state index < -0.39 is 35.9 Å². The lowest BCUT2D eigenvalue weighted by Crippen LogP contribution is -2.46. The second kappa shape index (κ2) is 14.5. The van der Waals surface area contributed by atoms with Crippen LogP contribution >= 0.6 is 0 Å². The molecule has 1 aliphatic heterocycles. The molecule has 1 fully saturated rings. The molecule has 0 atom stereocenters. The quantitative estimate of drug-likeness (QED) is 0.227. The predicted octanol–water partition coefficient (Wildman–Crippen LogP) is 5.15. The van der Waals surface area contributed by atoms with E-state index in [1.54, 1.807) is 6.07 Å². The van der Waals surface area contributed by atoms with Gasteiger partial charge in [0.05, 0.1) is 42.2 Å². The SMILES string of the molecule is Cc1ccccc1-c1cc(CN2CCN(CCOCCO)CC2)ncc1C(=O)NCc1cc(C(F)(F)F)cc(C(F)(F)F)c1. The fraction of sp³-hybridized carbons (Fsp3) is 0.419. The summed E-state index contributed by atoms with van der Waals surface area (Å²) < 4.78 is 85.1. The molecular formula is C31H34F6N4O3. The van der Waals surface area contributed by atoms with E-state index in [4.69, 9.17) is 9.84 Å². The van der Waals surface area contributed by atoms with Gasteiger partial charge >= 0.3 is 12.4 Å². The summed E-state index contributed by atoms with van der Waals surface area (Å²) in [6, 6.07) is 10.4. The van der Waals surface area contributed by atoms with Crippen LogP contribution in [0.25, 0.3) is 11.1 Å². The first kappa shape index (κ1) is 33.4. The lowest BCUT2D eigenvalue weighted by atomic mass is 9.96. The second-order valence-electron chi connectivity index (χ2n) is 10.6. The highest BCUT2D eigenvalue weighted by Gasteiger charge is 2.37. The highest BCUT2D eigenvalue weighted by molar-refractivity contribution is 6.01. The normalized spacial score (nSPS) is 15.0. The number of alkyl halides is 6.